The Hall–Kier alpha value is -0.860. The van der Waals surface area contributed by atoms with Gasteiger partial charge in [-0.3, -0.25) is 0 Å². The minimum atomic E-state index is -0.890. The molecule has 3 fully saturated rings. The predicted octanol–water partition coefficient (Wildman–Crippen LogP) is 1.47. The largest absolute Gasteiger partial charge is 0.390 e. The molecule has 4 rings (SSSR count). The first kappa shape index (κ1) is 17.5. The molecule has 0 aromatic rings. The normalized spacial score (nSPS) is 57.7. The number of rotatable bonds is 0. The fourth-order valence-electron chi connectivity index (χ4n) is 7.01. The summed E-state index contributed by atoms with van der Waals surface area (Å²) >= 11 is 0. The molecule has 0 radical (unpaired) electrons. The van der Waals surface area contributed by atoms with Gasteiger partial charge in [-0.15, -0.1) is 6.42 Å². The van der Waals surface area contributed by atoms with Gasteiger partial charge in [0.2, 0.25) is 0 Å². The Balaban J connectivity index is 1.75. The van der Waals surface area contributed by atoms with Crippen molar-refractivity contribution >= 4 is 0 Å². The lowest BCUT2D eigenvalue weighted by Crippen LogP contribution is -2.57. The van der Waals surface area contributed by atoms with E-state index in [0.717, 1.165) is 19.3 Å². The lowest BCUT2D eigenvalue weighted by atomic mass is 9.45. The van der Waals surface area contributed by atoms with Crippen LogP contribution in [0.4, 0.5) is 0 Å². The molecule has 4 heteroatoms. The van der Waals surface area contributed by atoms with E-state index in [0.29, 0.717) is 24.7 Å². The van der Waals surface area contributed by atoms with E-state index in [1.165, 1.54) is 5.57 Å². The van der Waals surface area contributed by atoms with E-state index in [4.69, 9.17) is 6.42 Å². The maximum Gasteiger partial charge on any atom is 0.0947 e. The zero-order valence-electron chi connectivity index (χ0n) is 15.1. The molecule has 4 aliphatic rings. The average molecular weight is 346 g/mol. The van der Waals surface area contributed by atoms with Crippen LogP contribution in [0.15, 0.2) is 11.6 Å². The smallest absolute Gasteiger partial charge is 0.0947 e. The maximum atomic E-state index is 10.6. The van der Waals surface area contributed by atoms with Gasteiger partial charge in [-0.05, 0) is 55.3 Å². The summed E-state index contributed by atoms with van der Waals surface area (Å²) in [6.45, 7) is 4.29. The first-order chi connectivity index (χ1) is 11.7. The van der Waals surface area contributed by atoms with Gasteiger partial charge in [-0.2, -0.15) is 0 Å². The summed E-state index contributed by atoms with van der Waals surface area (Å²) in [6, 6.07) is 0. The third-order valence-corrected chi connectivity index (χ3v) is 8.50. The summed E-state index contributed by atoms with van der Waals surface area (Å²) in [5.41, 5.74) is 0.647. The van der Waals surface area contributed by atoms with Crippen LogP contribution in [0.3, 0.4) is 0 Å². The molecule has 4 aliphatic carbocycles. The second kappa shape index (κ2) is 5.57. The van der Waals surface area contributed by atoms with E-state index < -0.39 is 30.3 Å². The lowest BCUT2D eigenvalue weighted by Gasteiger charge is -2.59. The van der Waals surface area contributed by atoms with Crippen LogP contribution in [-0.4, -0.2) is 44.8 Å². The van der Waals surface area contributed by atoms with Gasteiger partial charge in [0.15, 0.2) is 0 Å². The van der Waals surface area contributed by atoms with Gasteiger partial charge in [0.05, 0.1) is 30.3 Å². The van der Waals surface area contributed by atoms with Crippen molar-refractivity contribution in [2.24, 2.45) is 34.5 Å². The van der Waals surface area contributed by atoms with Crippen LogP contribution >= 0.6 is 0 Å². The van der Waals surface area contributed by atoms with Crippen LogP contribution in [0.5, 0.6) is 0 Å². The van der Waals surface area contributed by atoms with Crippen LogP contribution in [0.1, 0.15) is 46.0 Å². The quantitative estimate of drug-likeness (QED) is 0.396. The van der Waals surface area contributed by atoms with Crippen molar-refractivity contribution in [2.45, 2.75) is 70.4 Å². The van der Waals surface area contributed by atoms with E-state index in [1.807, 2.05) is 0 Å². The summed E-state index contributed by atoms with van der Waals surface area (Å²) < 4.78 is 0. The highest BCUT2D eigenvalue weighted by Gasteiger charge is 2.63. The molecule has 0 aromatic heterocycles. The lowest BCUT2D eigenvalue weighted by molar-refractivity contribution is -0.117. The van der Waals surface area contributed by atoms with Crippen molar-refractivity contribution in [2.75, 3.05) is 0 Å². The van der Waals surface area contributed by atoms with Crippen molar-refractivity contribution in [3.05, 3.63) is 11.6 Å². The van der Waals surface area contributed by atoms with Crippen molar-refractivity contribution < 1.29 is 20.4 Å². The van der Waals surface area contributed by atoms with Crippen LogP contribution in [0, 0.1) is 46.8 Å². The van der Waals surface area contributed by atoms with Gasteiger partial charge < -0.3 is 20.4 Å². The molecule has 25 heavy (non-hydrogen) atoms. The van der Waals surface area contributed by atoms with Gasteiger partial charge in [0.25, 0.3) is 0 Å². The molecule has 4 nitrogen and oxygen atoms in total. The number of hydrogen-bond acceptors (Lipinski definition) is 4. The number of allylic oxidation sites excluding steroid dienone is 1. The van der Waals surface area contributed by atoms with Gasteiger partial charge in [0.1, 0.15) is 0 Å². The number of hydrogen-bond donors (Lipinski definition) is 4. The van der Waals surface area contributed by atoms with Crippen molar-refractivity contribution in [3.8, 4) is 12.3 Å². The van der Waals surface area contributed by atoms with E-state index in [-0.39, 0.29) is 16.7 Å². The molecule has 0 aromatic carbocycles. The van der Waals surface area contributed by atoms with Crippen LogP contribution in [0.2, 0.25) is 0 Å². The number of aliphatic hydroxyl groups excluding tert-OH is 4. The van der Waals surface area contributed by atoms with Crippen molar-refractivity contribution in [1.29, 1.82) is 0 Å². The van der Waals surface area contributed by atoms with E-state index >= 15 is 0 Å². The Morgan fingerprint density at radius 3 is 2.52 bits per heavy atom. The number of fused-ring (bicyclic) bond motifs is 5. The highest BCUT2D eigenvalue weighted by molar-refractivity contribution is 5.32. The molecule has 10 atom stereocenters. The Morgan fingerprint density at radius 2 is 1.84 bits per heavy atom. The molecular formula is C21H30O4. The highest BCUT2D eigenvalue weighted by Crippen LogP contribution is 2.65. The zero-order chi connectivity index (χ0) is 18.1. The standard InChI is InChI=1S/C21H30O4/c1-4-13-18(24)16(22)9-11-5-6-12-14(21(11,13)3)7-8-20(2)15(12)10-17(23)19(20)25/h1,5,12-19,22-25H,6-10H2,2-3H3/t12-,13?,14+,15+,16+,17-,18-,19+,20+,21-/m1/s1. The average Bonchev–Trinajstić information content (AvgIpc) is 2.81. The van der Waals surface area contributed by atoms with Crippen LogP contribution in [-0.2, 0) is 0 Å². The Morgan fingerprint density at radius 1 is 1.12 bits per heavy atom. The molecule has 1 unspecified atom stereocenters. The summed E-state index contributed by atoms with van der Waals surface area (Å²) in [4.78, 5) is 0. The maximum absolute atomic E-state index is 10.6. The molecule has 0 spiro atoms. The van der Waals surface area contributed by atoms with Crippen LogP contribution < -0.4 is 0 Å². The van der Waals surface area contributed by atoms with Crippen molar-refractivity contribution in [1.82, 2.24) is 0 Å². The third kappa shape index (κ3) is 2.10. The monoisotopic (exact) mass is 346 g/mol. The van der Waals surface area contributed by atoms with Crippen molar-refractivity contribution in [3.63, 3.8) is 0 Å². The molecule has 0 amide bonds. The van der Waals surface area contributed by atoms with Gasteiger partial charge in [0, 0.05) is 5.41 Å². The van der Waals surface area contributed by atoms with E-state index in [9.17, 15) is 20.4 Å². The molecule has 0 bridgehead atoms. The molecule has 0 aliphatic heterocycles. The topological polar surface area (TPSA) is 80.9 Å². The second-order valence-corrected chi connectivity index (χ2v) is 9.32. The van der Waals surface area contributed by atoms with Gasteiger partial charge >= 0.3 is 0 Å². The fourth-order valence-corrected chi connectivity index (χ4v) is 7.01. The van der Waals surface area contributed by atoms with E-state index in [2.05, 4.69) is 25.8 Å². The summed E-state index contributed by atoms with van der Waals surface area (Å²) in [7, 11) is 0. The first-order valence-corrected chi connectivity index (χ1v) is 9.63. The Bertz CT molecular complexity index is 636. The molecule has 3 saturated carbocycles. The minimum Gasteiger partial charge on any atom is -0.390 e. The molecular weight excluding hydrogens is 316 g/mol. The molecule has 0 saturated heterocycles. The van der Waals surface area contributed by atoms with Gasteiger partial charge in [-0.25, -0.2) is 0 Å². The zero-order valence-corrected chi connectivity index (χ0v) is 15.1. The molecule has 138 valence electrons. The van der Waals surface area contributed by atoms with E-state index in [1.54, 1.807) is 0 Å². The summed E-state index contributed by atoms with van der Waals surface area (Å²) in [5, 5.41) is 41.6. The highest BCUT2D eigenvalue weighted by atomic mass is 16.3. The Labute approximate surface area is 150 Å². The van der Waals surface area contributed by atoms with Gasteiger partial charge in [-0.1, -0.05) is 31.4 Å². The molecule has 4 N–H and O–H groups in total. The SMILES string of the molecule is C#CC1[C@@H](O)[C@@H](O)CC2=CC[C@H]3[C@@H]4C[C@@H](O)[C@H](O)[C@@]4(C)CC[C@@H]3[C@]21C. The number of terminal acetylenes is 1. The fraction of sp³-hybridized carbons (Fsp3) is 0.810. The summed E-state index contributed by atoms with van der Waals surface area (Å²) in [5.74, 6) is 3.36. The first-order valence-electron chi connectivity index (χ1n) is 9.63. The Kier molecular flexibility index (Phi) is 3.91. The third-order valence-electron chi connectivity index (χ3n) is 8.50. The van der Waals surface area contributed by atoms with Crippen LogP contribution in [0.25, 0.3) is 0 Å². The minimum absolute atomic E-state index is 0.235. The second-order valence-electron chi connectivity index (χ2n) is 9.32. The molecule has 0 heterocycles. The summed E-state index contributed by atoms with van der Waals surface area (Å²) in [6.07, 6.45) is 8.92. The number of aliphatic hydroxyl groups is 4. The predicted molar refractivity (Wildman–Crippen MR) is 94.2 cm³/mol.